The van der Waals surface area contributed by atoms with Crippen molar-refractivity contribution in [3.63, 3.8) is 0 Å². The highest BCUT2D eigenvalue weighted by molar-refractivity contribution is 5.96. The third kappa shape index (κ3) is 6.25. The molecule has 9 heteroatoms. The predicted molar refractivity (Wildman–Crippen MR) is 153 cm³/mol. The lowest BCUT2D eigenvalue weighted by Crippen LogP contribution is -2.49. The molecule has 0 spiro atoms. The van der Waals surface area contributed by atoms with Gasteiger partial charge < -0.3 is 25.0 Å². The number of nitrogens with zero attached hydrogens (tertiary/aromatic N) is 2. The molecule has 2 aromatic rings. The van der Waals surface area contributed by atoms with Crippen molar-refractivity contribution in [2.75, 3.05) is 45.3 Å². The molecule has 214 valence electrons. The summed E-state index contributed by atoms with van der Waals surface area (Å²) in [6.07, 6.45) is 5.24. The van der Waals surface area contributed by atoms with Gasteiger partial charge in [-0.3, -0.25) is 19.3 Å². The molecule has 4 bridgehead atoms. The molecule has 0 aromatic heterocycles. The number of ether oxygens (including phenoxy) is 2. The summed E-state index contributed by atoms with van der Waals surface area (Å²) in [6.45, 7) is 1.92. The average molecular weight is 549 g/mol. The zero-order valence-corrected chi connectivity index (χ0v) is 23.5. The van der Waals surface area contributed by atoms with Crippen LogP contribution in [-0.4, -0.2) is 75.1 Å². The lowest BCUT2D eigenvalue weighted by atomic mass is 10.0. The van der Waals surface area contributed by atoms with Crippen LogP contribution in [0.5, 0.6) is 11.5 Å². The monoisotopic (exact) mass is 548 g/mol. The first-order valence-electron chi connectivity index (χ1n) is 14.4. The number of para-hydroxylation sites is 1. The Labute approximate surface area is 236 Å². The van der Waals surface area contributed by atoms with Crippen LogP contribution >= 0.6 is 0 Å². The van der Waals surface area contributed by atoms with Crippen LogP contribution < -0.4 is 25.0 Å². The molecule has 0 unspecified atom stereocenters. The fraction of sp³-hybridized carbons (Fsp3) is 0.516. The summed E-state index contributed by atoms with van der Waals surface area (Å²) in [4.78, 5) is 43.4. The molecule has 0 saturated carbocycles. The van der Waals surface area contributed by atoms with Crippen molar-refractivity contribution in [1.29, 1.82) is 0 Å². The zero-order valence-electron chi connectivity index (χ0n) is 23.5. The second-order valence-corrected chi connectivity index (χ2v) is 10.9. The molecule has 5 rings (SSSR count). The summed E-state index contributed by atoms with van der Waals surface area (Å²) >= 11 is 0. The number of aryl methyl sites for hydroxylation is 2. The fourth-order valence-corrected chi connectivity index (χ4v) is 6.36. The molecule has 40 heavy (non-hydrogen) atoms. The van der Waals surface area contributed by atoms with E-state index < -0.39 is 0 Å². The highest BCUT2D eigenvalue weighted by Gasteiger charge is 2.37. The van der Waals surface area contributed by atoms with Crippen molar-refractivity contribution in [3.05, 3.63) is 53.1 Å². The number of anilines is 1. The minimum Gasteiger partial charge on any atom is -0.493 e. The smallest absolute Gasteiger partial charge is 0.241 e. The van der Waals surface area contributed by atoms with Crippen molar-refractivity contribution in [3.8, 4) is 11.5 Å². The number of nitrogens with one attached hydrogen (secondary N) is 2. The maximum atomic E-state index is 13.5. The minimum absolute atomic E-state index is 0.00640. The molecule has 2 aromatic carbocycles. The van der Waals surface area contributed by atoms with Crippen molar-refractivity contribution in [1.82, 2.24) is 15.5 Å². The second kappa shape index (κ2) is 12.7. The Balaban J connectivity index is 1.31. The van der Waals surface area contributed by atoms with Gasteiger partial charge in [0, 0.05) is 50.2 Å². The standard InChI is InChI=1S/C31H40N4O5/c1-39-27-17-21-9-12-28(36)33-19-25-11-10-24(18-29(37)32-14-5-7-23(16-21)31(27)40-2)35(25)20-30(38)34-15-13-22-6-3-4-8-26(22)34/h3-4,6,8,16-17,24-25H,5,7,9-15,18-20H2,1-2H3,(H,32,37)(H,33,36)/t24-,25+/m0/s1. The van der Waals surface area contributed by atoms with E-state index in [1.807, 2.05) is 29.2 Å². The first-order valence-corrected chi connectivity index (χ1v) is 14.4. The largest absolute Gasteiger partial charge is 0.493 e. The third-order valence-corrected chi connectivity index (χ3v) is 8.43. The van der Waals surface area contributed by atoms with E-state index in [9.17, 15) is 14.4 Å². The third-order valence-electron chi connectivity index (χ3n) is 8.43. The predicted octanol–water partition coefficient (Wildman–Crippen LogP) is 2.63. The van der Waals surface area contributed by atoms with Gasteiger partial charge in [-0.25, -0.2) is 0 Å². The number of benzene rings is 2. The quantitative estimate of drug-likeness (QED) is 0.610. The number of carbonyl (C=O) groups excluding carboxylic acids is 3. The fourth-order valence-electron chi connectivity index (χ4n) is 6.36. The van der Waals surface area contributed by atoms with Crippen molar-refractivity contribution in [2.24, 2.45) is 0 Å². The number of amides is 3. The lowest BCUT2D eigenvalue weighted by molar-refractivity contribution is -0.125. The summed E-state index contributed by atoms with van der Waals surface area (Å²) < 4.78 is 11.2. The molecule has 3 aliphatic rings. The van der Waals surface area contributed by atoms with E-state index >= 15 is 0 Å². The van der Waals surface area contributed by atoms with Gasteiger partial charge in [-0.2, -0.15) is 0 Å². The number of fused-ring (bicyclic) bond motifs is 5. The molecule has 3 heterocycles. The van der Waals surface area contributed by atoms with Crippen LogP contribution in [0.1, 0.15) is 48.8 Å². The van der Waals surface area contributed by atoms with Gasteiger partial charge in [0.15, 0.2) is 11.5 Å². The van der Waals surface area contributed by atoms with E-state index in [4.69, 9.17) is 9.47 Å². The maximum Gasteiger partial charge on any atom is 0.241 e. The van der Waals surface area contributed by atoms with Crippen LogP contribution in [0.4, 0.5) is 5.69 Å². The van der Waals surface area contributed by atoms with Gasteiger partial charge in [0.25, 0.3) is 0 Å². The maximum absolute atomic E-state index is 13.5. The number of rotatable bonds is 4. The van der Waals surface area contributed by atoms with E-state index in [0.717, 1.165) is 42.5 Å². The molecular formula is C31H40N4O5. The number of carbonyl (C=O) groups is 3. The first kappa shape index (κ1) is 28.0. The normalized spacial score (nSPS) is 22.2. The van der Waals surface area contributed by atoms with Gasteiger partial charge in [-0.1, -0.05) is 24.3 Å². The van der Waals surface area contributed by atoms with Crippen molar-refractivity contribution in [2.45, 2.75) is 63.5 Å². The van der Waals surface area contributed by atoms with Crippen molar-refractivity contribution < 1.29 is 23.9 Å². The van der Waals surface area contributed by atoms with Gasteiger partial charge >= 0.3 is 0 Å². The van der Waals surface area contributed by atoms with E-state index in [1.165, 1.54) is 5.56 Å². The van der Waals surface area contributed by atoms with Crippen LogP contribution in [-0.2, 0) is 33.6 Å². The Morgan fingerprint density at radius 2 is 1.75 bits per heavy atom. The molecule has 2 N–H and O–H groups in total. The van der Waals surface area contributed by atoms with Gasteiger partial charge in [-0.15, -0.1) is 0 Å². The van der Waals surface area contributed by atoms with Crippen LogP contribution in [0.25, 0.3) is 0 Å². The highest BCUT2D eigenvalue weighted by atomic mass is 16.5. The Bertz CT molecular complexity index is 1250. The van der Waals surface area contributed by atoms with Gasteiger partial charge in [0.1, 0.15) is 0 Å². The summed E-state index contributed by atoms with van der Waals surface area (Å²) in [7, 11) is 3.24. The molecule has 0 radical (unpaired) electrons. The molecular weight excluding hydrogens is 508 g/mol. The number of hydrogen-bond acceptors (Lipinski definition) is 6. The summed E-state index contributed by atoms with van der Waals surface area (Å²) in [6, 6.07) is 12.0. The molecule has 2 atom stereocenters. The van der Waals surface area contributed by atoms with Gasteiger partial charge in [0.2, 0.25) is 17.7 Å². The summed E-state index contributed by atoms with van der Waals surface area (Å²) in [5.41, 5.74) is 4.18. The Morgan fingerprint density at radius 3 is 2.58 bits per heavy atom. The molecule has 1 saturated heterocycles. The van der Waals surface area contributed by atoms with Crippen molar-refractivity contribution >= 4 is 23.4 Å². The summed E-state index contributed by atoms with van der Waals surface area (Å²) in [5.74, 6) is 1.35. The second-order valence-electron chi connectivity index (χ2n) is 10.9. The van der Waals surface area contributed by atoms with E-state index in [2.05, 4.69) is 27.7 Å². The SMILES string of the molecule is COc1cc2cc(c1OC)CCCNC(=O)C[C@@H]1CC[C@H](CNC(=O)CC2)N1CC(=O)N1CCc2ccccc21. The Morgan fingerprint density at radius 1 is 0.925 bits per heavy atom. The van der Waals surface area contributed by atoms with Crippen LogP contribution in [0.3, 0.4) is 0 Å². The zero-order chi connectivity index (χ0) is 28.1. The lowest BCUT2D eigenvalue weighted by Gasteiger charge is -2.31. The molecule has 0 aliphatic carbocycles. The Hall–Kier alpha value is -3.59. The molecule has 3 amide bonds. The van der Waals surface area contributed by atoms with Crippen LogP contribution in [0, 0.1) is 0 Å². The highest BCUT2D eigenvalue weighted by Crippen LogP contribution is 2.34. The molecule has 3 aliphatic heterocycles. The number of hydrogen-bond donors (Lipinski definition) is 2. The average Bonchev–Trinajstić information content (AvgIpc) is 3.56. The topological polar surface area (TPSA) is 100 Å². The Kier molecular flexibility index (Phi) is 8.89. The van der Waals surface area contributed by atoms with Crippen LogP contribution in [0.15, 0.2) is 36.4 Å². The molecule has 1 fully saturated rings. The van der Waals surface area contributed by atoms with E-state index in [1.54, 1.807) is 14.2 Å². The minimum atomic E-state index is -0.0428. The molecule has 9 nitrogen and oxygen atoms in total. The van der Waals surface area contributed by atoms with Gasteiger partial charge in [-0.05, 0) is 67.3 Å². The number of methoxy groups -OCH3 is 2. The van der Waals surface area contributed by atoms with E-state index in [-0.39, 0.29) is 36.3 Å². The van der Waals surface area contributed by atoms with Gasteiger partial charge in [0.05, 0.1) is 20.8 Å². The first-order chi connectivity index (χ1) is 19.5. The van der Waals surface area contributed by atoms with Crippen LogP contribution in [0.2, 0.25) is 0 Å². The van der Waals surface area contributed by atoms with E-state index in [0.29, 0.717) is 56.8 Å². The summed E-state index contributed by atoms with van der Waals surface area (Å²) in [5, 5.41) is 6.18.